The monoisotopic (exact) mass is 333 g/mol. The van der Waals surface area contributed by atoms with Gasteiger partial charge < -0.3 is 11.5 Å². The van der Waals surface area contributed by atoms with E-state index in [0.29, 0.717) is 9.13 Å². The Bertz CT molecular complexity index is 467. The number of rotatable bonds is 3. The molecule has 7 nitrogen and oxygen atoms in total. The van der Waals surface area contributed by atoms with Crippen LogP contribution in [0.25, 0.3) is 0 Å². The number of benzene rings is 1. The van der Waals surface area contributed by atoms with Crippen LogP contribution in [0.2, 0.25) is 0 Å². The number of hydrogen-bond donors (Lipinski definition) is 2. The summed E-state index contributed by atoms with van der Waals surface area (Å²) in [5.41, 5.74) is 10.7. The molecule has 0 heterocycles. The lowest BCUT2D eigenvalue weighted by Gasteiger charge is -1.96. The van der Waals surface area contributed by atoms with E-state index in [1.54, 1.807) is 12.1 Å². The third-order valence-electron chi connectivity index (χ3n) is 1.55. The van der Waals surface area contributed by atoms with E-state index in [9.17, 15) is 10.1 Å². The Hall–Kier alpha value is -1.71. The summed E-state index contributed by atoms with van der Waals surface area (Å²) >= 11 is 1.89. The van der Waals surface area contributed by atoms with E-state index in [1.165, 1.54) is 12.3 Å². The summed E-state index contributed by atoms with van der Waals surface area (Å²) in [4.78, 5) is 10.2. The lowest BCUT2D eigenvalue weighted by atomic mass is 10.2. The Morgan fingerprint density at radius 2 is 2.19 bits per heavy atom. The van der Waals surface area contributed by atoms with Gasteiger partial charge in [0, 0.05) is 11.6 Å². The molecule has 16 heavy (non-hydrogen) atoms. The topological polar surface area (TPSA) is 120 Å². The van der Waals surface area contributed by atoms with Crippen molar-refractivity contribution >= 4 is 40.5 Å². The van der Waals surface area contributed by atoms with Gasteiger partial charge in [-0.05, 0) is 28.7 Å². The van der Waals surface area contributed by atoms with Crippen molar-refractivity contribution in [3.8, 4) is 0 Å². The van der Waals surface area contributed by atoms with Gasteiger partial charge in [-0.25, -0.2) is 0 Å². The lowest BCUT2D eigenvalue weighted by molar-refractivity contribution is -0.385. The standard InChI is InChI=1S/C8H8IN5O2/c9-6-2-1-5(3-7(6)14(15)16)4-12-13-8(10)11/h1-4H,(H4,10,11,13). The van der Waals surface area contributed by atoms with Gasteiger partial charge in [0.25, 0.3) is 5.69 Å². The van der Waals surface area contributed by atoms with E-state index in [4.69, 9.17) is 11.5 Å². The van der Waals surface area contributed by atoms with Crippen LogP contribution in [-0.2, 0) is 0 Å². The Morgan fingerprint density at radius 1 is 1.50 bits per heavy atom. The van der Waals surface area contributed by atoms with Crippen LogP contribution in [0.5, 0.6) is 0 Å². The maximum absolute atomic E-state index is 10.6. The minimum Gasteiger partial charge on any atom is -0.369 e. The van der Waals surface area contributed by atoms with Crippen molar-refractivity contribution in [3.63, 3.8) is 0 Å². The molecule has 1 rings (SSSR count). The summed E-state index contributed by atoms with van der Waals surface area (Å²) in [6.45, 7) is 0. The highest BCUT2D eigenvalue weighted by Gasteiger charge is 2.11. The van der Waals surface area contributed by atoms with E-state index in [-0.39, 0.29) is 11.6 Å². The average molecular weight is 333 g/mol. The number of hydrogen-bond acceptors (Lipinski definition) is 4. The second kappa shape index (κ2) is 5.39. The molecule has 0 saturated carbocycles. The van der Waals surface area contributed by atoms with Gasteiger partial charge in [0.05, 0.1) is 14.7 Å². The molecule has 0 spiro atoms. The number of nitrogens with zero attached hydrogens (tertiary/aromatic N) is 3. The second-order valence-electron chi connectivity index (χ2n) is 2.74. The predicted molar refractivity (Wildman–Crippen MR) is 69.2 cm³/mol. The Kier molecular flexibility index (Phi) is 4.17. The van der Waals surface area contributed by atoms with Gasteiger partial charge in [-0.15, -0.1) is 5.10 Å². The molecular formula is C8H8IN5O2. The highest BCUT2D eigenvalue weighted by atomic mass is 127. The summed E-state index contributed by atoms with van der Waals surface area (Å²) < 4.78 is 0.557. The molecule has 0 fully saturated rings. The first-order valence-electron chi connectivity index (χ1n) is 4.06. The van der Waals surface area contributed by atoms with E-state index >= 15 is 0 Å². The summed E-state index contributed by atoms with van der Waals surface area (Å²) in [6.07, 6.45) is 1.34. The minimum atomic E-state index is -0.459. The van der Waals surface area contributed by atoms with Crippen LogP contribution >= 0.6 is 22.6 Å². The molecule has 0 amide bonds. The third-order valence-corrected chi connectivity index (χ3v) is 2.46. The van der Waals surface area contributed by atoms with E-state index < -0.39 is 4.92 Å². The molecule has 8 heteroatoms. The predicted octanol–water partition coefficient (Wildman–Crippen LogP) is 0.807. The van der Waals surface area contributed by atoms with Crippen molar-refractivity contribution in [2.45, 2.75) is 0 Å². The quantitative estimate of drug-likeness (QED) is 0.279. The normalized spacial score (nSPS) is 10.3. The van der Waals surface area contributed by atoms with Crippen LogP contribution in [0, 0.1) is 13.7 Å². The van der Waals surface area contributed by atoms with Gasteiger partial charge >= 0.3 is 0 Å². The molecule has 84 valence electrons. The molecule has 0 bridgehead atoms. The number of halogens is 1. The van der Waals surface area contributed by atoms with Gasteiger partial charge in [-0.2, -0.15) is 5.10 Å². The van der Waals surface area contributed by atoms with Crippen LogP contribution in [-0.4, -0.2) is 17.1 Å². The molecule has 0 aliphatic rings. The fraction of sp³-hybridized carbons (Fsp3) is 0. The Labute approximate surface area is 105 Å². The zero-order valence-electron chi connectivity index (χ0n) is 8.00. The van der Waals surface area contributed by atoms with E-state index in [0.717, 1.165) is 0 Å². The zero-order chi connectivity index (χ0) is 12.1. The van der Waals surface area contributed by atoms with Crippen LogP contribution in [0.1, 0.15) is 5.56 Å². The number of nitro benzene ring substituents is 1. The molecule has 0 atom stereocenters. The van der Waals surface area contributed by atoms with Crippen molar-refractivity contribution < 1.29 is 4.92 Å². The number of nitrogens with two attached hydrogens (primary N) is 2. The maximum atomic E-state index is 10.6. The summed E-state index contributed by atoms with van der Waals surface area (Å²) in [6, 6.07) is 4.70. The minimum absolute atomic E-state index is 0.0225. The molecule has 0 unspecified atom stereocenters. The lowest BCUT2D eigenvalue weighted by Crippen LogP contribution is -2.21. The van der Waals surface area contributed by atoms with Crippen LogP contribution < -0.4 is 11.5 Å². The van der Waals surface area contributed by atoms with Gasteiger partial charge in [0.1, 0.15) is 0 Å². The Morgan fingerprint density at radius 3 is 2.75 bits per heavy atom. The fourth-order valence-electron chi connectivity index (χ4n) is 0.912. The van der Waals surface area contributed by atoms with Crippen LogP contribution in [0.4, 0.5) is 5.69 Å². The number of guanidine groups is 1. The smallest absolute Gasteiger partial charge is 0.283 e. The summed E-state index contributed by atoms with van der Waals surface area (Å²) in [7, 11) is 0. The second-order valence-corrected chi connectivity index (χ2v) is 3.90. The van der Waals surface area contributed by atoms with Crippen molar-refractivity contribution in [1.29, 1.82) is 0 Å². The van der Waals surface area contributed by atoms with Crippen LogP contribution in [0.15, 0.2) is 28.4 Å². The van der Waals surface area contributed by atoms with Gasteiger partial charge in [-0.1, -0.05) is 6.07 Å². The van der Waals surface area contributed by atoms with E-state index in [2.05, 4.69) is 10.2 Å². The van der Waals surface area contributed by atoms with Crippen molar-refractivity contribution in [2.24, 2.45) is 21.7 Å². The fourth-order valence-corrected chi connectivity index (χ4v) is 1.44. The summed E-state index contributed by atoms with van der Waals surface area (Å²) in [5, 5.41) is 17.6. The van der Waals surface area contributed by atoms with Crippen molar-refractivity contribution in [1.82, 2.24) is 0 Å². The molecule has 0 radical (unpaired) electrons. The first-order chi connectivity index (χ1) is 7.50. The number of nitro groups is 1. The van der Waals surface area contributed by atoms with Gasteiger partial charge in [0.2, 0.25) is 5.96 Å². The Balaban J connectivity index is 3.00. The first-order valence-corrected chi connectivity index (χ1v) is 5.14. The van der Waals surface area contributed by atoms with Gasteiger partial charge in [0.15, 0.2) is 0 Å². The summed E-state index contributed by atoms with van der Waals surface area (Å²) in [5.74, 6) is -0.170. The molecular weight excluding hydrogens is 325 g/mol. The largest absolute Gasteiger partial charge is 0.369 e. The molecule has 0 aromatic heterocycles. The first kappa shape index (κ1) is 12.4. The third kappa shape index (κ3) is 3.46. The molecule has 0 aliphatic heterocycles. The highest BCUT2D eigenvalue weighted by Crippen LogP contribution is 2.21. The SMILES string of the molecule is NC(N)=NN=Cc1ccc(I)c([N+](=O)[O-])c1. The van der Waals surface area contributed by atoms with Crippen molar-refractivity contribution in [3.05, 3.63) is 37.4 Å². The molecule has 1 aromatic carbocycles. The van der Waals surface area contributed by atoms with Crippen molar-refractivity contribution in [2.75, 3.05) is 0 Å². The molecule has 4 N–H and O–H groups in total. The molecule has 0 aliphatic carbocycles. The van der Waals surface area contributed by atoms with E-state index in [1.807, 2.05) is 22.6 Å². The molecule has 1 aromatic rings. The van der Waals surface area contributed by atoms with Gasteiger partial charge in [-0.3, -0.25) is 10.1 Å². The maximum Gasteiger partial charge on any atom is 0.283 e. The molecule has 0 saturated heterocycles. The average Bonchev–Trinajstić information content (AvgIpc) is 2.19. The highest BCUT2D eigenvalue weighted by molar-refractivity contribution is 14.1. The van der Waals surface area contributed by atoms with Crippen LogP contribution in [0.3, 0.4) is 0 Å². The zero-order valence-corrected chi connectivity index (χ0v) is 10.2.